The Morgan fingerprint density at radius 1 is 1.00 bits per heavy atom. The maximum atomic E-state index is 10.3. The number of hydrogen-bond acceptors (Lipinski definition) is 3. The van der Waals surface area contributed by atoms with E-state index in [0.29, 0.717) is 12.7 Å². The molecule has 0 amide bonds. The molecule has 0 aliphatic rings. The number of aliphatic carboxylic acids is 1. The average Bonchev–Trinajstić information content (AvgIpc) is 2.32. The molecular formula is C12H14O4. The molecule has 16 heavy (non-hydrogen) atoms. The Morgan fingerprint density at radius 3 is 1.75 bits per heavy atom. The summed E-state index contributed by atoms with van der Waals surface area (Å²) in [6.45, 7) is 0. The van der Waals surface area contributed by atoms with Crippen LogP contribution in [0.2, 0.25) is 0 Å². The van der Waals surface area contributed by atoms with Crippen molar-refractivity contribution in [2.75, 3.05) is 0 Å². The summed E-state index contributed by atoms with van der Waals surface area (Å²) >= 11 is 0. The predicted octanol–water partition coefficient (Wildman–Crippen LogP) is 1.70. The van der Waals surface area contributed by atoms with Gasteiger partial charge in [-0.3, -0.25) is 4.79 Å². The van der Waals surface area contributed by atoms with Gasteiger partial charge in [-0.2, -0.15) is 0 Å². The van der Waals surface area contributed by atoms with Crippen molar-refractivity contribution in [3.05, 3.63) is 36.4 Å². The van der Waals surface area contributed by atoms with Crippen LogP contribution in [0.5, 0.6) is 0 Å². The molecule has 0 saturated heterocycles. The molecule has 1 aromatic carbocycles. The average molecular weight is 222 g/mol. The number of rotatable bonds is 5. The van der Waals surface area contributed by atoms with Gasteiger partial charge in [-0.05, 0) is 6.42 Å². The molecule has 0 aliphatic heterocycles. The number of carbonyl (C=O) groups excluding carboxylic acids is 2. The van der Waals surface area contributed by atoms with Crippen molar-refractivity contribution in [2.24, 2.45) is 0 Å². The van der Waals surface area contributed by atoms with E-state index in [1.807, 2.05) is 36.4 Å². The maximum Gasteiger partial charge on any atom is 0.372 e. The minimum atomic E-state index is -1.43. The van der Waals surface area contributed by atoms with Crippen LogP contribution in [0.25, 0.3) is 0 Å². The lowest BCUT2D eigenvalue weighted by Crippen LogP contribution is -2.11. The van der Waals surface area contributed by atoms with Crippen molar-refractivity contribution in [3.63, 3.8) is 0 Å². The molecule has 4 nitrogen and oxygen atoms in total. The lowest BCUT2D eigenvalue weighted by atomic mass is 10.2. The van der Waals surface area contributed by atoms with E-state index in [-0.39, 0.29) is 12.8 Å². The van der Waals surface area contributed by atoms with Gasteiger partial charge in [0.2, 0.25) is 5.78 Å². The van der Waals surface area contributed by atoms with Gasteiger partial charge in [-0.1, -0.05) is 36.4 Å². The van der Waals surface area contributed by atoms with Crippen LogP contribution in [-0.4, -0.2) is 23.1 Å². The topological polar surface area (TPSA) is 71.4 Å². The van der Waals surface area contributed by atoms with E-state index in [9.17, 15) is 14.4 Å². The molecule has 0 spiro atoms. The minimum absolute atomic E-state index is 0.0475. The lowest BCUT2D eigenvalue weighted by molar-refractivity contribution is -0.149. The zero-order valence-corrected chi connectivity index (χ0v) is 8.83. The molecule has 0 fully saturated rings. The molecule has 4 heteroatoms. The number of benzene rings is 1. The summed E-state index contributed by atoms with van der Waals surface area (Å²) in [4.78, 5) is 29.9. The third-order valence-electron chi connectivity index (χ3n) is 1.63. The third kappa shape index (κ3) is 8.62. The summed E-state index contributed by atoms with van der Waals surface area (Å²) < 4.78 is 0. The molecule has 0 atom stereocenters. The van der Waals surface area contributed by atoms with Crippen LogP contribution in [0.15, 0.2) is 36.4 Å². The number of carboxylic acid groups (broad SMARTS) is 1. The number of unbranched alkanes of at least 4 members (excludes halogenated alkanes) is 1. The van der Waals surface area contributed by atoms with Gasteiger partial charge in [0.15, 0.2) is 0 Å². The van der Waals surface area contributed by atoms with Crippen LogP contribution in [0.1, 0.15) is 19.3 Å². The van der Waals surface area contributed by atoms with Crippen molar-refractivity contribution < 1.29 is 19.5 Å². The van der Waals surface area contributed by atoms with Gasteiger partial charge in [-0.15, -0.1) is 0 Å². The van der Waals surface area contributed by atoms with E-state index in [0.717, 1.165) is 0 Å². The van der Waals surface area contributed by atoms with Crippen molar-refractivity contribution >= 4 is 18.0 Å². The van der Waals surface area contributed by atoms with E-state index >= 15 is 0 Å². The fourth-order valence-corrected chi connectivity index (χ4v) is 0.838. The number of carbonyl (C=O) groups is 3. The molecule has 1 rings (SSSR count). The van der Waals surface area contributed by atoms with Crippen LogP contribution in [0.3, 0.4) is 0 Å². The van der Waals surface area contributed by atoms with Crippen LogP contribution >= 0.6 is 0 Å². The molecule has 0 heterocycles. The highest BCUT2D eigenvalue weighted by atomic mass is 16.4. The summed E-state index contributed by atoms with van der Waals surface area (Å²) in [5, 5.41) is 8.04. The molecular weight excluding hydrogens is 208 g/mol. The van der Waals surface area contributed by atoms with Gasteiger partial charge in [0.25, 0.3) is 0 Å². The van der Waals surface area contributed by atoms with E-state index in [1.165, 1.54) is 0 Å². The highest BCUT2D eigenvalue weighted by Gasteiger charge is 2.09. The zero-order chi connectivity index (χ0) is 12.2. The second kappa shape index (κ2) is 9.58. The van der Waals surface area contributed by atoms with Crippen LogP contribution in [0.4, 0.5) is 0 Å². The molecule has 1 N–H and O–H groups in total. The molecule has 0 aromatic heterocycles. The maximum absolute atomic E-state index is 10.3. The molecule has 0 radical (unpaired) electrons. The first kappa shape index (κ1) is 14.0. The lowest BCUT2D eigenvalue weighted by Gasteiger charge is -1.89. The second-order valence-electron chi connectivity index (χ2n) is 2.94. The van der Waals surface area contributed by atoms with Gasteiger partial charge in [0.1, 0.15) is 6.29 Å². The zero-order valence-electron chi connectivity index (χ0n) is 8.83. The Morgan fingerprint density at radius 2 is 1.44 bits per heavy atom. The van der Waals surface area contributed by atoms with Gasteiger partial charge in [0, 0.05) is 12.8 Å². The molecule has 0 unspecified atom stereocenters. The Labute approximate surface area is 93.9 Å². The second-order valence-corrected chi connectivity index (χ2v) is 2.94. The number of carboxylic acids is 1. The highest BCUT2D eigenvalue weighted by molar-refractivity contribution is 6.32. The molecule has 1 aromatic rings. The van der Waals surface area contributed by atoms with E-state index in [4.69, 9.17) is 5.11 Å². The first-order valence-corrected chi connectivity index (χ1v) is 4.88. The summed E-state index contributed by atoms with van der Waals surface area (Å²) in [5.41, 5.74) is 0. The third-order valence-corrected chi connectivity index (χ3v) is 1.63. The van der Waals surface area contributed by atoms with Gasteiger partial charge >= 0.3 is 5.97 Å². The monoisotopic (exact) mass is 222 g/mol. The van der Waals surface area contributed by atoms with Crippen LogP contribution in [-0.2, 0) is 14.4 Å². The molecule has 0 bridgehead atoms. The number of aldehydes is 1. The summed E-state index contributed by atoms with van der Waals surface area (Å²) in [5.74, 6) is -2.26. The Bertz CT molecular complexity index is 292. The van der Waals surface area contributed by atoms with E-state index < -0.39 is 11.8 Å². The standard InChI is InChI=1S/C6H8O4.C6H6/c7-4-2-1-3-5(8)6(9)10;1-2-4-6-5-3-1/h4H,1-3H2,(H,9,10);1-6H. The van der Waals surface area contributed by atoms with Gasteiger partial charge < -0.3 is 9.90 Å². The number of hydrogen-bond donors (Lipinski definition) is 1. The Balaban J connectivity index is 0.000000315. The number of ketones is 1. The van der Waals surface area contributed by atoms with Crippen molar-refractivity contribution in [2.45, 2.75) is 19.3 Å². The molecule has 0 saturated carbocycles. The summed E-state index contributed by atoms with van der Waals surface area (Å²) in [6.07, 6.45) is 1.19. The molecule has 0 aliphatic carbocycles. The Kier molecular flexibility index (Phi) is 8.40. The SMILES string of the molecule is O=CCCCC(=O)C(=O)O.c1ccccc1. The summed E-state index contributed by atoms with van der Waals surface area (Å²) in [6, 6.07) is 12.0. The van der Waals surface area contributed by atoms with Crippen molar-refractivity contribution in [3.8, 4) is 0 Å². The summed E-state index contributed by atoms with van der Waals surface area (Å²) in [7, 11) is 0. The van der Waals surface area contributed by atoms with Gasteiger partial charge in [0.05, 0.1) is 0 Å². The van der Waals surface area contributed by atoms with E-state index in [1.54, 1.807) is 0 Å². The Hall–Kier alpha value is -1.97. The quantitative estimate of drug-likeness (QED) is 0.467. The highest BCUT2D eigenvalue weighted by Crippen LogP contribution is 1.93. The van der Waals surface area contributed by atoms with Crippen molar-refractivity contribution in [1.29, 1.82) is 0 Å². The fraction of sp³-hybridized carbons (Fsp3) is 0.250. The fourth-order valence-electron chi connectivity index (χ4n) is 0.838. The van der Waals surface area contributed by atoms with Crippen LogP contribution < -0.4 is 0 Å². The smallest absolute Gasteiger partial charge is 0.372 e. The number of Topliss-reactive ketones (excluding diaryl/α,β-unsaturated/α-hetero) is 1. The van der Waals surface area contributed by atoms with E-state index in [2.05, 4.69) is 0 Å². The molecule has 86 valence electrons. The van der Waals surface area contributed by atoms with Gasteiger partial charge in [-0.25, -0.2) is 4.79 Å². The largest absolute Gasteiger partial charge is 0.476 e. The van der Waals surface area contributed by atoms with Crippen molar-refractivity contribution in [1.82, 2.24) is 0 Å². The first-order chi connectivity index (χ1) is 7.68. The predicted molar refractivity (Wildman–Crippen MR) is 59.0 cm³/mol. The minimum Gasteiger partial charge on any atom is -0.476 e. The first-order valence-electron chi connectivity index (χ1n) is 4.88. The van der Waals surface area contributed by atoms with Crippen LogP contribution in [0, 0.1) is 0 Å². The normalized spacial score (nSPS) is 8.50.